The minimum atomic E-state index is -0.0568. The number of rotatable bonds is 3. The number of carbonyl (C=O) groups is 1. The first kappa shape index (κ1) is 14.8. The van der Waals surface area contributed by atoms with Gasteiger partial charge in [-0.25, -0.2) is 4.98 Å². The van der Waals surface area contributed by atoms with E-state index in [0.717, 1.165) is 30.2 Å². The molecule has 1 aliphatic rings. The summed E-state index contributed by atoms with van der Waals surface area (Å²) in [4.78, 5) is 22.5. The molecule has 0 saturated carbocycles. The minimum Gasteiger partial charge on any atom is -0.378 e. The molecule has 4 heterocycles. The summed E-state index contributed by atoms with van der Waals surface area (Å²) < 4.78 is 7.22. The first-order chi connectivity index (χ1) is 11.7. The van der Waals surface area contributed by atoms with Gasteiger partial charge in [0.1, 0.15) is 11.5 Å². The second-order valence-corrected chi connectivity index (χ2v) is 5.69. The van der Waals surface area contributed by atoms with E-state index in [2.05, 4.69) is 14.9 Å². The van der Waals surface area contributed by atoms with Gasteiger partial charge in [-0.15, -0.1) is 0 Å². The lowest BCUT2D eigenvalue weighted by Crippen LogP contribution is -2.37. The number of Topliss-reactive ketones (excluding diaryl/α,β-unsaturated/α-hetero) is 1. The number of morpholine rings is 1. The van der Waals surface area contributed by atoms with E-state index >= 15 is 0 Å². The van der Waals surface area contributed by atoms with Crippen molar-refractivity contribution in [1.82, 2.24) is 19.6 Å². The topological polar surface area (TPSA) is 72.6 Å². The minimum absolute atomic E-state index is 0.0568. The number of aromatic nitrogens is 4. The number of pyridine rings is 1. The molecule has 1 fully saturated rings. The van der Waals surface area contributed by atoms with E-state index in [4.69, 9.17) is 9.84 Å². The molecule has 7 nitrogen and oxygen atoms in total. The SMILES string of the molecule is CC(=O)c1cc(N2CCOCC2)n2nc(-c3ccncc3)cc2n1. The Labute approximate surface area is 138 Å². The number of anilines is 1. The predicted molar refractivity (Wildman–Crippen MR) is 89.3 cm³/mol. The van der Waals surface area contributed by atoms with Gasteiger partial charge in [0.25, 0.3) is 0 Å². The Morgan fingerprint density at radius 1 is 1.17 bits per heavy atom. The maximum absolute atomic E-state index is 11.9. The van der Waals surface area contributed by atoms with E-state index in [-0.39, 0.29) is 5.78 Å². The standard InChI is InChI=1S/C17H17N5O2/c1-12(23)14-11-17(21-6-8-24-9-7-21)22-16(19-14)10-15(20-22)13-2-4-18-5-3-13/h2-5,10-11H,6-9H2,1H3. The largest absolute Gasteiger partial charge is 0.378 e. The van der Waals surface area contributed by atoms with Crippen LogP contribution >= 0.6 is 0 Å². The van der Waals surface area contributed by atoms with Crippen LogP contribution in [0.1, 0.15) is 17.4 Å². The zero-order chi connectivity index (χ0) is 16.5. The normalized spacial score (nSPS) is 15.0. The highest BCUT2D eigenvalue weighted by Gasteiger charge is 2.19. The number of ether oxygens (including phenoxy) is 1. The van der Waals surface area contributed by atoms with Crippen LogP contribution in [0, 0.1) is 0 Å². The van der Waals surface area contributed by atoms with Crippen LogP contribution in [0.25, 0.3) is 16.9 Å². The number of ketones is 1. The van der Waals surface area contributed by atoms with Crippen LogP contribution in [0.2, 0.25) is 0 Å². The van der Waals surface area contributed by atoms with Gasteiger partial charge < -0.3 is 9.64 Å². The quantitative estimate of drug-likeness (QED) is 0.685. The molecule has 0 unspecified atom stereocenters. The van der Waals surface area contributed by atoms with Gasteiger partial charge in [-0.05, 0) is 12.1 Å². The molecule has 0 atom stereocenters. The Morgan fingerprint density at radius 3 is 2.62 bits per heavy atom. The lowest BCUT2D eigenvalue weighted by molar-refractivity contribution is 0.101. The van der Waals surface area contributed by atoms with Gasteiger partial charge in [-0.3, -0.25) is 9.78 Å². The van der Waals surface area contributed by atoms with Crippen LogP contribution < -0.4 is 4.90 Å². The monoisotopic (exact) mass is 323 g/mol. The molecule has 122 valence electrons. The molecule has 24 heavy (non-hydrogen) atoms. The Morgan fingerprint density at radius 2 is 1.92 bits per heavy atom. The van der Waals surface area contributed by atoms with Crippen molar-refractivity contribution in [3.8, 4) is 11.3 Å². The maximum Gasteiger partial charge on any atom is 0.178 e. The average Bonchev–Trinajstić information content (AvgIpc) is 3.06. The molecule has 7 heteroatoms. The highest BCUT2D eigenvalue weighted by Crippen LogP contribution is 2.24. The van der Waals surface area contributed by atoms with E-state index in [1.54, 1.807) is 16.9 Å². The molecular formula is C17H17N5O2. The molecule has 0 bridgehead atoms. The fourth-order valence-corrected chi connectivity index (χ4v) is 2.82. The summed E-state index contributed by atoms with van der Waals surface area (Å²) in [5.41, 5.74) is 2.88. The van der Waals surface area contributed by atoms with Gasteiger partial charge in [-0.2, -0.15) is 9.61 Å². The summed E-state index contributed by atoms with van der Waals surface area (Å²) in [6.45, 7) is 4.39. The van der Waals surface area contributed by atoms with Gasteiger partial charge in [0.15, 0.2) is 11.4 Å². The van der Waals surface area contributed by atoms with Crippen molar-refractivity contribution in [3.63, 3.8) is 0 Å². The van der Waals surface area contributed by atoms with E-state index in [0.29, 0.717) is 24.6 Å². The zero-order valence-electron chi connectivity index (χ0n) is 13.3. The summed E-state index contributed by atoms with van der Waals surface area (Å²) in [5.74, 6) is 0.812. The third-order valence-corrected chi connectivity index (χ3v) is 4.08. The van der Waals surface area contributed by atoms with Gasteiger partial charge in [0, 0.05) is 50.1 Å². The molecule has 0 aliphatic carbocycles. The third-order valence-electron chi connectivity index (χ3n) is 4.08. The van der Waals surface area contributed by atoms with Crippen LogP contribution in [0.5, 0.6) is 0 Å². The van der Waals surface area contributed by atoms with Crippen molar-refractivity contribution < 1.29 is 9.53 Å². The third kappa shape index (κ3) is 2.63. The van der Waals surface area contributed by atoms with Crippen molar-refractivity contribution in [3.05, 3.63) is 42.4 Å². The fourth-order valence-electron chi connectivity index (χ4n) is 2.82. The summed E-state index contributed by atoms with van der Waals surface area (Å²) in [6, 6.07) is 7.51. The van der Waals surface area contributed by atoms with E-state index in [9.17, 15) is 4.79 Å². The lowest BCUT2D eigenvalue weighted by atomic mass is 10.2. The van der Waals surface area contributed by atoms with E-state index in [1.165, 1.54) is 6.92 Å². The lowest BCUT2D eigenvalue weighted by Gasteiger charge is -2.29. The molecule has 1 aliphatic heterocycles. The van der Waals surface area contributed by atoms with Gasteiger partial charge in [0.05, 0.1) is 18.9 Å². The first-order valence-corrected chi connectivity index (χ1v) is 7.87. The van der Waals surface area contributed by atoms with Gasteiger partial charge >= 0.3 is 0 Å². The highest BCUT2D eigenvalue weighted by atomic mass is 16.5. The Balaban J connectivity index is 1.88. The van der Waals surface area contributed by atoms with Crippen molar-refractivity contribution in [2.75, 3.05) is 31.2 Å². The van der Waals surface area contributed by atoms with Crippen molar-refractivity contribution >= 4 is 17.2 Å². The van der Waals surface area contributed by atoms with Crippen molar-refractivity contribution in [2.45, 2.75) is 6.92 Å². The molecule has 0 N–H and O–H groups in total. The molecule has 0 aromatic carbocycles. The number of hydrogen-bond acceptors (Lipinski definition) is 6. The van der Waals surface area contributed by atoms with Crippen LogP contribution in [0.4, 0.5) is 5.82 Å². The fraction of sp³-hybridized carbons (Fsp3) is 0.294. The summed E-state index contributed by atoms with van der Waals surface area (Å²) in [7, 11) is 0. The number of nitrogens with zero attached hydrogens (tertiary/aromatic N) is 5. The Hall–Kier alpha value is -2.80. The van der Waals surface area contributed by atoms with Crippen LogP contribution in [0.3, 0.4) is 0 Å². The highest BCUT2D eigenvalue weighted by molar-refractivity contribution is 5.93. The smallest absolute Gasteiger partial charge is 0.178 e. The van der Waals surface area contributed by atoms with E-state index in [1.807, 2.05) is 24.3 Å². The summed E-state index contributed by atoms with van der Waals surface area (Å²) in [6.07, 6.45) is 3.47. The molecule has 3 aromatic heterocycles. The molecule has 3 aromatic rings. The Bertz CT molecular complexity index is 885. The number of hydrogen-bond donors (Lipinski definition) is 0. The van der Waals surface area contributed by atoms with Crippen molar-refractivity contribution in [2.24, 2.45) is 0 Å². The van der Waals surface area contributed by atoms with E-state index < -0.39 is 0 Å². The van der Waals surface area contributed by atoms with Crippen LogP contribution in [-0.4, -0.2) is 51.7 Å². The molecule has 1 saturated heterocycles. The molecule has 0 spiro atoms. The average molecular weight is 323 g/mol. The molecule has 0 radical (unpaired) electrons. The van der Waals surface area contributed by atoms with Gasteiger partial charge in [0.2, 0.25) is 0 Å². The maximum atomic E-state index is 11.9. The molecule has 0 amide bonds. The van der Waals surface area contributed by atoms with Crippen LogP contribution in [0.15, 0.2) is 36.7 Å². The molecular weight excluding hydrogens is 306 g/mol. The first-order valence-electron chi connectivity index (χ1n) is 7.87. The second kappa shape index (κ2) is 6.01. The number of carbonyl (C=O) groups excluding carboxylic acids is 1. The van der Waals surface area contributed by atoms with Gasteiger partial charge in [-0.1, -0.05) is 0 Å². The number of fused-ring (bicyclic) bond motifs is 1. The summed E-state index contributed by atoms with van der Waals surface area (Å²) >= 11 is 0. The van der Waals surface area contributed by atoms with Crippen LogP contribution in [-0.2, 0) is 4.74 Å². The van der Waals surface area contributed by atoms with Crippen molar-refractivity contribution in [1.29, 1.82) is 0 Å². The molecule has 4 rings (SSSR count). The Kier molecular flexibility index (Phi) is 3.70. The summed E-state index contributed by atoms with van der Waals surface area (Å²) in [5, 5.41) is 4.69. The zero-order valence-corrected chi connectivity index (χ0v) is 13.3. The second-order valence-electron chi connectivity index (χ2n) is 5.69. The predicted octanol–water partition coefficient (Wildman–Crippen LogP) is 1.83.